The third kappa shape index (κ3) is 3.97. The first-order valence-corrected chi connectivity index (χ1v) is 6.27. The standard InChI is InChI=1S/C9H17N5O2S/c1-4-16-7(15)9(2,10)5-6-17-8-11-12-13-14(8)3/h4-6,10H2,1-3H3. The van der Waals surface area contributed by atoms with E-state index in [9.17, 15) is 4.79 Å². The van der Waals surface area contributed by atoms with E-state index in [0.29, 0.717) is 23.9 Å². The molecule has 0 spiro atoms. The highest BCUT2D eigenvalue weighted by atomic mass is 32.2. The molecule has 17 heavy (non-hydrogen) atoms. The van der Waals surface area contributed by atoms with Crippen LogP contribution in [0.4, 0.5) is 0 Å². The number of carbonyl (C=O) groups is 1. The Morgan fingerprint density at radius 1 is 1.65 bits per heavy atom. The van der Waals surface area contributed by atoms with Crippen LogP contribution < -0.4 is 5.73 Å². The Kier molecular flexibility index (Phi) is 4.88. The predicted octanol–water partition coefficient (Wildman–Crippen LogP) is -0.0272. The van der Waals surface area contributed by atoms with Gasteiger partial charge in [0, 0.05) is 12.8 Å². The summed E-state index contributed by atoms with van der Waals surface area (Å²) < 4.78 is 6.47. The van der Waals surface area contributed by atoms with Gasteiger partial charge in [0.2, 0.25) is 5.16 Å². The number of ether oxygens (including phenoxy) is 1. The van der Waals surface area contributed by atoms with Gasteiger partial charge in [-0.1, -0.05) is 11.8 Å². The summed E-state index contributed by atoms with van der Waals surface area (Å²) in [5, 5.41) is 11.8. The molecule has 0 saturated heterocycles. The van der Waals surface area contributed by atoms with Gasteiger partial charge in [-0.15, -0.1) is 5.10 Å². The lowest BCUT2D eigenvalue weighted by molar-refractivity contribution is -0.149. The molecule has 2 N–H and O–H groups in total. The number of hydrogen-bond donors (Lipinski definition) is 1. The topological polar surface area (TPSA) is 95.9 Å². The Balaban J connectivity index is 2.40. The third-order valence-corrected chi connectivity index (χ3v) is 3.19. The average Bonchev–Trinajstić information content (AvgIpc) is 2.65. The number of nitrogens with two attached hydrogens (primary N) is 1. The number of aryl methyl sites for hydroxylation is 1. The summed E-state index contributed by atoms with van der Waals surface area (Å²) in [6, 6.07) is 0. The lowest BCUT2D eigenvalue weighted by atomic mass is 10.0. The second-order valence-electron chi connectivity index (χ2n) is 3.82. The fourth-order valence-electron chi connectivity index (χ4n) is 1.10. The fourth-order valence-corrected chi connectivity index (χ4v) is 2.12. The summed E-state index contributed by atoms with van der Waals surface area (Å²) in [5.74, 6) is 0.275. The Morgan fingerprint density at radius 2 is 2.35 bits per heavy atom. The van der Waals surface area contributed by atoms with Gasteiger partial charge in [-0.3, -0.25) is 4.79 Å². The number of tetrazole rings is 1. The van der Waals surface area contributed by atoms with Crippen LogP contribution in [-0.2, 0) is 16.6 Å². The van der Waals surface area contributed by atoms with Crippen molar-refractivity contribution in [2.75, 3.05) is 12.4 Å². The van der Waals surface area contributed by atoms with Crippen LogP contribution in [0.2, 0.25) is 0 Å². The SMILES string of the molecule is CCOC(=O)C(C)(N)CCSc1nnnn1C. The van der Waals surface area contributed by atoms with Crippen LogP contribution in [-0.4, -0.2) is 44.1 Å². The molecule has 1 heterocycles. The molecule has 0 aromatic carbocycles. The first kappa shape index (κ1) is 13.9. The zero-order valence-corrected chi connectivity index (χ0v) is 11.0. The van der Waals surface area contributed by atoms with Gasteiger partial charge >= 0.3 is 5.97 Å². The molecule has 1 unspecified atom stereocenters. The zero-order chi connectivity index (χ0) is 12.9. The largest absolute Gasteiger partial charge is 0.465 e. The molecule has 0 aliphatic rings. The number of aromatic nitrogens is 4. The van der Waals surface area contributed by atoms with Crippen LogP contribution in [0.3, 0.4) is 0 Å². The molecule has 0 aliphatic carbocycles. The van der Waals surface area contributed by atoms with E-state index in [-0.39, 0.29) is 5.97 Å². The summed E-state index contributed by atoms with van der Waals surface area (Å²) in [7, 11) is 1.76. The molecule has 7 nitrogen and oxygen atoms in total. The van der Waals surface area contributed by atoms with Gasteiger partial charge in [0.1, 0.15) is 5.54 Å². The molecule has 0 amide bonds. The second kappa shape index (κ2) is 5.97. The van der Waals surface area contributed by atoms with Crippen molar-refractivity contribution in [2.45, 2.75) is 31.0 Å². The van der Waals surface area contributed by atoms with Gasteiger partial charge in [-0.25, -0.2) is 4.68 Å². The van der Waals surface area contributed by atoms with Crippen molar-refractivity contribution in [2.24, 2.45) is 12.8 Å². The summed E-state index contributed by atoms with van der Waals surface area (Å²) in [5.41, 5.74) is 4.91. The highest BCUT2D eigenvalue weighted by Gasteiger charge is 2.29. The quantitative estimate of drug-likeness (QED) is 0.566. The smallest absolute Gasteiger partial charge is 0.325 e. The molecule has 1 aromatic heterocycles. The van der Waals surface area contributed by atoms with E-state index in [1.165, 1.54) is 11.8 Å². The monoisotopic (exact) mass is 259 g/mol. The number of carbonyl (C=O) groups excluding carboxylic acids is 1. The number of thioether (sulfide) groups is 1. The lowest BCUT2D eigenvalue weighted by Crippen LogP contribution is -2.46. The summed E-state index contributed by atoms with van der Waals surface area (Å²) in [6.07, 6.45) is 0.503. The van der Waals surface area contributed by atoms with Crippen molar-refractivity contribution in [3.05, 3.63) is 0 Å². The molecule has 0 radical (unpaired) electrons. The lowest BCUT2D eigenvalue weighted by Gasteiger charge is -2.21. The van der Waals surface area contributed by atoms with E-state index in [1.54, 1.807) is 25.6 Å². The number of esters is 1. The first-order chi connectivity index (χ1) is 7.97. The predicted molar refractivity (Wildman–Crippen MR) is 63.4 cm³/mol. The minimum absolute atomic E-state index is 0.339. The Labute approximate surface area is 104 Å². The van der Waals surface area contributed by atoms with Crippen LogP contribution in [0.15, 0.2) is 5.16 Å². The van der Waals surface area contributed by atoms with Gasteiger partial charge in [0.15, 0.2) is 0 Å². The third-order valence-electron chi connectivity index (χ3n) is 2.18. The highest BCUT2D eigenvalue weighted by molar-refractivity contribution is 7.99. The molecule has 0 fully saturated rings. The molecule has 1 rings (SSSR count). The van der Waals surface area contributed by atoms with E-state index in [2.05, 4.69) is 15.5 Å². The Morgan fingerprint density at radius 3 is 2.88 bits per heavy atom. The van der Waals surface area contributed by atoms with Crippen LogP contribution >= 0.6 is 11.8 Å². The molecule has 1 atom stereocenters. The van der Waals surface area contributed by atoms with Gasteiger partial charge < -0.3 is 10.5 Å². The summed E-state index contributed by atoms with van der Waals surface area (Å²) in [4.78, 5) is 11.5. The molecule has 0 saturated carbocycles. The van der Waals surface area contributed by atoms with E-state index >= 15 is 0 Å². The molecule has 0 bridgehead atoms. The van der Waals surface area contributed by atoms with Crippen molar-refractivity contribution in [1.82, 2.24) is 20.2 Å². The van der Waals surface area contributed by atoms with Crippen LogP contribution in [0, 0.1) is 0 Å². The van der Waals surface area contributed by atoms with Crippen molar-refractivity contribution in [3.8, 4) is 0 Å². The van der Waals surface area contributed by atoms with E-state index in [4.69, 9.17) is 10.5 Å². The maximum atomic E-state index is 11.5. The van der Waals surface area contributed by atoms with E-state index < -0.39 is 5.54 Å². The highest BCUT2D eigenvalue weighted by Crippen LogP contribution is 2.18. The molecule has 0 aliphatic heterocycles. The Hall–Kier alpha value is -1.15. The Bertz CT molecular complexity index is 379. The maximum absolute atomic E-state index is 11.5. The van der Waals surface area contributed by atoms with Gasteiger partial charge in [0.25, 0.3) is 0 Å². The summed E-state index contributed by atoms with van der Waals surface area (Å²) in [6.45, 7) is 3.76. The normalized spacial score (nSPS) is 14.4. The van der Waals surface area contributed by atoms with Gasteiger partial charge in [-0.05, 0) is 30.7 Å². The van der Waals surface area contributed by atoms with E-state index in [1.807, 2.05) is 0 Å². The van der Waals surface area contributed by atoms with Gasteiger partial charge in [0.05, 0.1) is 6.61 Å². The number of hydrogen-bond acceptors (Lipinski definition) is 7. The minimum Gasteiger partial charge on any atom is -0.465 e. The molecular formula is C9H17N5O2S. The zero-order valence-electron chi connectivity index (χ0n) is 10.2. The summed E-state index contributed by atoms with van der Waals surface area (Å²) >= 11 is 1.46. The average molecular weight is 259 g/mol. The van der Waals surface area contributed by atoms with Crippen molar-refractivity contribution in [3.63, 3.8) is 0 Å². The van der Waals surface area contributed by atoms with Crippen LogP contribution in [0.5, 0.6) is 0 Å². The molecule has 96 valence electrons. The minimum atomic E-state index is -0.963. The van der Waals surface area contributed by atoms with Crippen molar-refractivity contribution in [1.29, 1.82) is 0 Å². The van der Waals surface area contributed by atoms with E-state index in [0.717, 1.165) is 0 Å². The maximum Gasteiger partial charge on any atom is 0.325 e. The first-order valence-electron chi connectivity index (χ1n) is 5.28. The van der Waals surface area contributed by atoms with Gasteiger partial charge in [-0.2, -0.15) is 0 Å². The fraction of sp³-hybridized carbons (Fsp3) is 0.778. The molecular weight excluding hydrogens is 242 g/mol. The van der Waals surface area contributed by atoms with Crippen molar-refractivity contribution >= 4 is 17.7 Å². The molecule has 8 heteroatoms. The van der Waals surface area contributed by atoms with Crippen LogP contribution in [0.1, 0.15) is 20.3 Å². The molecule has 1 aromatic rings. The van der Waals surface area contributed by atoms with Crippen LogP contribution in [0.25, 0.3) is 0 Å². The van der Waals surface area contributed by atoms with Crippen molar-refractivity contribution < 1.29 is 9.53 Å². The number of rotatable bonds is 6. The second-order valence-corrected chi connectivity index (χ2v) is 4.88. The number of nitrogens with zero attached hydrogens (tertiary/aromatic N) is 4.